The maximum absolute atomic E-state index is 2.43. The highest BCUT2D eigenvalue weighted by Crippen LogP contribution is 2.38. The summed E-state index contributed by atoms with van der Waals surface area (Å²) in [6, 6.07) is 26.0. The summed E-state index contributed by atoms with van der Waals surface area (Å²) < 4.78 is 0. The molecule has 0 radical (unpaired) electrons. The van der Waals surface area contributed by atoms with Crippen molar-refractivity contribution in [1.82, 2.24) is 0 Å². The zero-order valence-electron chi connectivity index (χ0n) is 52.5. The third kappa shape index (κ3) is 61.7. The molecule has 0 heterocycles. The van der Waals surface area contributed by atoms with E-state index in [2.05, 4.69) is 156 Å². The average Bonchev–Trinajstić information content (AvgIpc) is 3.41. The van der Waals surface area contributed by atoms with E-state index in [1.165, 1.54) is 277 Å². The van der Waals surface area contributed by atoms with Crippen molar-refractivity contribution in [2.24, 2.45) is 23.7 Å². The van der Waals surface area contributed by atoms with E-state index >= 15 is 0 Å². The molecule has 0 aliphatic heterocycles. The quantitative estimate of drug-likeness (QED) is 0.0563. The molecule has 0 spiro atoms. The molecule has 2 fully saturated rings. The first-order chi connectivity index (χ1) is 36.0. The summed E-state index contributed by atoms with van der Waals surface area (Å²) in [6.07, 6.45) is 58.1. The van der Waals surface area contributed by atoms with E-state index in [-0.39, 0.29) is 44.6 Å². The first-order valence-corrected chi connectivity index (χ1v) is 33.2. The van der Waals surface area contributed by atoms with Gasteiger partial charge < -0.3 is 0 Å². The molecule has 476 valence electrons. The van der Waals surface area contributed by atoms with Crippen LogP contribution in [-0.2, 0) is 6.42 Å². The van der Waals surface area contributed by atoms with Gasteiger partial charge in [0.05, 0.1) is 0 Å². The molecule has 5 rings (SSSR count). The molecular formula is C80H156. The third-order valence-corrected chi connectivity index (χ3v) is 16.2. The minimum absolute atomic E-state index is 0. The number of rotatable bonds is 31. The van der Waals surface area contributed by atoms with Crippen molar-refractivity contribution in [3.05, 3.63) is 106 Å². The van der Waals surface area contributed by atoms with E-state index in [9.17, 15) is 0 Å². The van der Waals surface area contributed by atoms with Gasteiger partial charge in [-0.2, -0.15) is 0 Å². The van der Waals surface area contributed by atoms with Crippen molar-refractivity contribution in [2.45, 2.75) is 384 Å². The Balaban J connectivity index is -0.000000159. The van der Waals surface area contributed by atoms with Gasteiger partial charge in [0.15, 0.2) is 0 Å². The van der Waals surface area contributed by atoms with Crippen molar-refractivity contribution in [3.63, 3.8) is 0 Å². The van der Waals surface area contributed by atoms with Crippen LogP contribution in [-0.4, -0.2) is 0 Å². The zero-order valence-corrected chi connectivity index (χ0v) is 52.5. The monoisotopic (exact) mass is 1120 g/mol. The number of hydrogen-bond acceptors (Lipinski definition) is 0. The molecule has 3 aromatic rings. The maximum Gasteiger partial charge on any atom is -0.00258 e. The van der Waals surface area contributed by atoms with E-state index in [4.69, 9.17) is 0 Å². The molecule has 0 atom stereocenters. The van der Waals surface area contributed by atoms with E-state index in [0.29, 0.717) is 0 Å². The van der Waals surface area contributed by atoms with Crippen LogP contribution in [0.25, 0.3) is 0 Å². The highest BCUT2D eigenvalue weighted by Gasteiger charge is 2.24. The second kappa shape index (κ2) is 69.2. The topological polar surface area (TPSA) is 0 Å². The maximum atomic E-state index is 2.43. The number of hydrogen-bond donors (Lipinski definition) is 0. The number of benzene rings is 3. The fraction of sp³-hybridized carbons (Fsp3) is 0.775. The lowest BCUT2D eigenvalue weighted by molar-refractivity contribution is 0.201. The first-order valence-electron chi connectivity index (χ1n) is 33.2. The van der Waals surface area contributed by atoms with Crippen LogP contribution in [0.4, 0.5) is 0 Å². The second-order valence-corrected chi connectivity index (χ2v) is 24.3. The van der Waals surface area contributed by atoms with Crippen molar-refractivity contribution < 1.29 is 0 Å². The van der Waals surface area contributed by atoms with Gasteiger partial charge >= 0.3 is 0 Å². The summed E-state index contributed by atoms with van der Waals surface area (Å²) in [4.78, 5) is 0. The van der Waals surface area contributed by atoms with Crippen LogP contribution in [0.5, 0.6) is 0 Å². The van der Waals surface area contributed by atoms with Crippen LogP contribution >= 0.6 is 0 Å². The Morgan fingerprint density at radius 2 is 0.412 bits per heavy atom. The highest BCUT2D eigenvalue weighted by atomic mass is 14.3. The molecule has 0 heteroatoms. The number of unbranched alkanes of at least 4 members (excludes halogenated alkanes) is 27. The Bertz CT molecular complexity index is 1380. The lowest BCUT2D eigenvalue weighted by Gasteiger charge is -2.32. The lowest BCUT2D eigenvalue weighted by atomic mass is 9.74. The Labute approximate surface area is 511 Å². The van der Waals surface area contributed by atoms with Gasteiger partial charge in [-0.25, -0.2) is 0 Å². The molecule has 0 nitrogen and oxygen atoms in total. The molecule has 0 N–H and O–H groups in total. The van der Waals surface area contributed by atoms with Crippen LogP contribution in [0.2, 0.25) is 0 Å². The van der Waals surface area contributed by atoms with Crippen molar-refractivity contribution >= 4 is 0 Å². The molecule has 0 unspecified atom stereocenters. The molecule has 2 aliphatic rings. The van der Waals surface area contributed by atoms with Crippen molar-refractivity contribution in [2.75, 3.05) is 0 Å². The van der Waals surface area contributed by atoms with E-state index in [0.717, 1.165) is 30.1 Å². The highest BCUT2D eigenvalue weighted by molar-refractivity contribution is 5.29. The van der Waals surface area contributed by atoms with Crippen molar-refractivity contribution in [3.8, 4) is 0 Å². The molecule has 2 aliphatic carbocycles. The summed E-state index contributed by atoms with van der Waals surface area (Å²) >= 11 is 0. The Morgan fingerprint density at radius 3 is 0.588 bits per heavy atom. The summed E-state index contributed by atoms with van der Waals surface area (Å²) in [5.41, 5.74) is 8.06. The molecule has 0 amide bonds. The number of aryl methyl sites for hydroxylation is 4. The van der Waals surface area contributed by atoms with Crippen LogP contribution in [0.1, 0.15) is 384 Å². The first kappa shape index (κ1) is 91.4. The van der Waals surface area contributed by atoms with Crippen LogP contribution < -0.4 is 0 Å². The largest absolute Gasteiger partial charge is 0.0776 e. The van der Waals surface area contributed by atoms with Gasteiger partial charge in [-0.05, 0) is 75.3 Å². The Kier molecular flexibility index (Phi) is 79.0. The standard InChI is InChI=1S/C15H28.C15H16.C14H30.C12H26.C10H22.C8H10.6CH4/c2*1-12-3-7-14(8-4-12)11-15-9-5-13(2)6-10-15;1-3-5-7-9-11-13-14-12-10-8-6-4-2;1-3-5-7-9-11-12-10-8-6-4-2;1-3-5-7-9-10-8-6-4-2;1-7-3-5-8(2)6-4-7;;;;;;/h12-15H,3-11H2,1-2H3;3-10H,11H2,1-2H3;3-14H2,1-2H3;3-12H2,1-2H3;3-10H2,1-2H3;3-6H,1-2H3;6*1H4. The molecule has 2 saturated carbocycles. The minimum Gasteiger partial charge on any atom is -0.0776 e. The van der Waals surface area contributed by atoms with Crippen LogP contribution in [0.3, 0.4) is 0 Å². The van der Waals surface area contributed by atoms with Gasteiger partial charge in [0.25, 0.3) is 0 Å². The summed E-state index contributed by atoms with van der Waals surface area (Å²) in [6.45, 7) is 27.0. The fourth-order valence-corrected chi connectivity index (χ4v) is 10.6. The van der Waals surface area contributed by atoms with Crippen molar-refractivity contribution in [1.29, 1.82) is 0 Å². The van der Waals surface area contributed by atoms with Gasteiger partial charge in [-0.15, -0.1) is 0 Å². The van der Waals surface area contributed by atoms with Gasteiger partial charge in [0, 0.05) is 0 Å². The van der Waals surface area contributed by atoms with Crippen LogP contribution in [0, 0.1) is 51.4 Å². The van der Waals surface area contributed by atoms with Gasteiger partial charge in [0.1, 0.15) is 0 Å². The summed E-state index contributed by atoms with van der Waals surface area (Å²) in [5.74, 6) is 4.24. The minimum atomic E-state index is 0. The smallest absolute Gasteiger partial charge is 0.00258 e. The normalized spacial score (nSPS) is 15.6. The lowest BCUT2D eigenvalue weighted by Crippen LogP contribution is -2.19. The SMILES string of the molecule is C.C.C.C.C.C.CC1CCC(CC2CCC(C)CC2)CC1.CCCCCCCCCC.CCCCCCCCCCCC.CCCCCCCCCCCCCC.Cc1ccc(C)cc1.Cc1ccc(Cc2ccc(C)cc2)cc1. The molecule has 80 heavy (non-hydrogen) atoms. The molecule has 0 aromatic heterocycles. The van der Waals surface area contributed by atoms with Gasteiger partial charge in [-0.3, -0.25) is 0 Å². The molecule has 0 saturated heterocycles. The average molecular weight is 1120 g/mol. The van der Waals surface area contributed by atoms with Gasteiger partial charge in [0.2, 0.25) is 0 Å². The van der Waals surface area contributed by atoms with E-state index < -0.39 is 0 Å². The summed E-state index contributed by atoms with van der Waals surface area (Å²) in [7, 11) is 0. The molecular weight excluding hydrogens is 961 g/mol. The fourth-order valence-electron chi connectivity index (χ4n) is 10.6. The van der Waals surface area contributed by atoms with Gasteiger partial charge in [-0.1, -0.05) is 439 Å². The Morgan fingerprint density at radius 1 is 0.250 bits per heavy atom. The predicted molar refractivity (Wildman–Crippen MR) is 381 cm³/mol. The predicted octanol–water partition coefficient (Wildman–Crippen LogP) is 29.8. The summed E-state index contributed by atoms with van der Waals surface area (Å²) in [5, 5.41) is 0. The van der Waals surface area contributed by atoms with E-state index in [1.54, 1.807) is 6.42 Å². The molecule has 0 bridgehead atoms. The van der Waals surface area contributed by atoms with E-state index in [1.807, 2.05) is 0 Å². The third-order valence-electron chi connectivity index (χ3n) is 16.2. The van der Waals surface area contributed by atoms with Crippen LogP contribution in [0.15, 0.2) is 72.8 Å². The molecule has 3 aromatic carbocycles. The zero-order chi connectivity index (χ0) is 54.5. The Hall–Kier alpha value is -2.34. The second-order valence-electron chi connectivity index (χ2n) is 24.3.